The highest BCUT2D eigenvalue weighted by Gasteiger charge is 2.41. The van der Waals surface area contributed by atoms with Gasteiger partial charge in [0.15, 0.2) is 6.10 Å². The SMILES string of the molecule is CC/C=C\C/C=C\C/C=C\CCCCCCCC(=O)O[C@H](COC(=O)CCCCC(=O)C[C@@H]1[C@@H](/C=C/[C@@H](O)CCCCC)[C@H](O)C[C@@H]1O)COP(=O)(O)OCCN. The first kappa shape index (κ1) is 52.5. The fraction of sp³-hybridized carbons (Fsp3) is 0.744. The lowest BCUT2D eigenvalue weighted by molar-refractivity contribution is -0.161. The number of carbonyl (C=O) groups is 3. The molecule has 0 aromatic heterocycles. The largest absolute Gasteiger partial charge is 0.472 e. The molecule has 1 aliphatic rings. The number of rotatable bonds is 35. The van der Waals surface area contributed by atoms with Gasteiger partial charge in [-0.15, -0.1) is 0 Å². The zero-order chi connectivity index (χ0) is 42.2. The number of hydrogen-bond acceptors (Lipinski definition) is 12. The second kappa shape index (κ2) is 33.4. The van der Waals surface area contributed by atoms with Gasteiger partial charge in [0.25, 0.3) is 0 Å². The third kappa shape index (κ3) is 27.8. The van der Waals surface area contributed by atoms with Crippen molar-refractivity contribution in [1.29, 1.82) is 0 Å². The first-order chi connectivity index (χ1) is 27.4. The number of allylic oxidation sites excluding steroid dienone is 6. The summed E-state index contributed by atoms with van der Waals surface area (Å²) in [6.45, 7) is 3.04. The van der Waals surface area contributed by atoms with Crippen LogP contribution in [0.4, 0.5) is 0 Å². The zero-order valence-electron chi connectivity index (χ0n) is 34.6. The summed E-state index contributed by atoms with van der Waals surface area (Å²) in [7, 11) is -4.47. The second-order valence-corrected chi connectivity index (χ2v) is 16.2. The smallest absolute Gasteiger partial charge is 0.462 e. The van der Waals surface area contributed by atoms with Crippen LogP contribution in [-0.4, -0.2) is 88.7 Å². The Hall–Kier alpha value is -2.48. The summed E-state index contributed by atoms with van der Waals surface area (Å²) in [6.07, 6.45) is 26.3. The van der Waals surface area contributed by atoms with Gasteiger partial charge in [-0.25, -0.2) is 4.57 Å². The van der Waals surface area contributed by atoms with Crippen molar-refractivity contribution < 1.29 is 57.7 Å². The summed E-state index contributed by atoms with van der Waals surface area (Å²) in [5.41, 5.74) is 5.33. The number of esters is 2. The van der Waals surface area contributed by atoms with Crippen molar-refractivity contribution in [2.45, 2.75) is 167 Å². The van der Waals surface area contributed by atoms with Crippen molar-refractivity contribution in [1.82, 2.24) is 0 Å². The predicted molar refractivity (Wildman–Crippen MR) is 222 cm³/mol. The van der Waals surface area contributed by atoms with E-state index < -0.39 is 69.2 Å². The van der Waals surface area contributed by atoms with Crippen molar-refractivity contribution in [3.63, 3.8) is 0 Å². The van der Waals surface area contributed by atoms with Crippen molar-refractivity contribution in [3.8, 4) is 0 Å². The lowest BCUT2D eigenvalue weighted by Crippen LogP contribution is -2.29. The molecule has 0 saturated heterocycles. The lowest BCUT2D eigenvalue weighted by Gasteiger charge is -2.20. The molecule has 1 aliphatic carbocycles. The number of ketones is 1. The first-order valence-corrected chi connectivity index (χ1v) is 22.8. The van der Waals surface area contributed by atoms with E-state index in [1.54, 1.807) is 12.2 Å². The molecule has 0 aliphatic heterocycles. The topological polar surface area (TPSA) is 212 Å². The molecule has 0 heterocycles. The Morgan fingerprint density at radius 3 is 2.16 bits per heavy atom. The Morgan fingerprint density at radius 1 is 0.789 bits per heavy atom. The third-order valence-electron chi connectivity index (χ3n) is 9.68. The van der Waals surface area contributed by atoms with E-state index in [0.29, 0.717) is 25.7 Å². The van der Waals surface area contributed by atoms with Crippen LogP contribution in [0, 0.1) is 11.8 Å². The minimum Gasteiger partial charge on any atom is -0.462 e. The average Bonchev–Trinajstić information content (AvgIpc) is 3.44. The molecule has 1 saturated carbocycles. The summed E-state index contributed by atoms with van der Waals surface area (Å²) < 4.78 is 32.6. The number of aliphatic hydroxyl groups excluding tert-OH is 3. The Labute approximate surface area is 341 Å². The Kier molecular flexibility index (Phi) is 30.8. The maximum atomic E-state index is 12.8. The van der Waals surface area contributed by atoms with Crippen molar-refractivity contribution in [3.05, 3.63) is 48.6 Å². The van der Waals surface area contributed by atoms with Gasteiger partial charge in [-0.1, -0.05) is 101 Å². The number of ether oxygens (including phenoxy) is 2. The highest BCUT2D eigenvalue weighted by Crippen LogP contribution is 2.43. The van der Waals surface area contributed by atoms with Crippen molar-refractivity contribution >= 4 is 25.5 Å². The Balaban J connectivity index is 2.45. The minimum atomic E-state index is -4.47. The molecule has 7 atom stereocenters. The fourth-order valence-electron chi connectivity index (χ4n) is 6.47. The van der Waals surface area contributed by atoms with E-state index in [4.69, 9.17) is 24.3 Å². The highest BCUT2D eigenvalue weighted by molar-refractivity contribution is 7.47. The van der Waals surface area contributed by atoms with Gasteiger partial charge in [0, 0.05) is 50.5 Å². The molecule has 328 valence electrons. The highest BCUT2D eigenvalue weighted by atomic mass is 31.2. The normalized spacial score (nSPS) is 20.8. The van der Waals surface area contributed by atoms with Gasteiger partial charge in [-0.3, -0.25) is 23.4 Å². The van der Waals surface area contributed by atoms with E-state index in [1.165, 1.54) is 0 Å². The zero-order valence-corrected chi connectivity index (χ0v) is 35.5. The number of aliphatic hydroxyl groups is 3. The molecule has 6 N–H and O–H groups in total. The summed E-state index contributed by atoms with van der Waals surface area (Å²) in [6, 6.07) is 0. The lowest BCUT2D eigenvalue weighted by atomic mass is 9.87. The van der Waals surface area contributed by atoms with Crippen LogP contribution in [0.3, 0.4) is 0 Å². The van der Waals surface area contributed by atoms with Crippen LogP contribution in [0.25, 0.3) is 0 Å². The van der Waals surface area contributed by atoms with Crippen LogP contribution < -0.4 is 5.73 Å². The minimum absolute atomic E-state index is 0.00492. The quantitative estimate of drug-likeness (QED) is 0.0182. The van der Waals surface area contributed by atoms with E-state index in [-0.39, 0.29) is 51.0 Å². The second-order valence-electron chi connectivity index (χ2n) is 14.8. The van der Waals surface area contributed by atoms with Crippen LogP contribution in [0.5, 0.6) is 0 Å². The fourth-order valence-corrected chi connectivity index (χ4v) is 7.23. The Bertz CT molecular complexity index is 1250. The third-order valence-corrected chi connectivity index (χ3v) is 10.7. The summed E-state index contributed by atoms with van der Waals surface area (Å²) in [5, 5.41) is 31.2. The van der Waals surface area contributed by atoms with Gasteiger partial charge in [0.1, 0.15) is 12.4 Å². The Morgan fingerprint density at radius 2 is 1.44 bits per heavy atom. The van der Waals surface area contributed by atoms with E-state index >= 15 is 0 Å². The molecule has 0 radical (unpaired) electrons. The summed E-state index contributed by atoms with van der Waals surface area (Å²) >= 11 is 0. The van der Waals surface area contributed by atoms with Crippen LogP contribution in [0.2, 0.25) is 0 Å². The van der Waals surface area contributed by atoms with Gasteiger partial charge in [-0.2, -0.15) is 0 Å². The monoisotopic (exact) mass is 827 g/mol. The molecule has 0 spiro atoms. The van der Waals surface area contributed by atoms with Gasteiger partial charge >= 0.3 is 19.8 Å². The van der Waals surface area contributed by atoms with Gasteiger partial charge < -0.3 is 35.4 Å². The molecule has 1 rings (SSSR count). The maximum Gasteiger partial charge on any atom is 0.472 e. The first-order valence-electron chi connectivity index (χ1n) is 21.3. The molecule has 1 fully saturated rings. The summed E-state index contributed by atoms with van der Waals surface area (Å²) in [4.78, 5) is 47.8. The molecular weight excluding hydrogens is 753 g/mol. The summed E-state index contributed by atoms with van der Waals surface area (Å²) in [5.74, 6) is -2.13. The average molecular weight is 828 g/mol. The molecule has 14 heteroatoms. The predicted octanol–water partition coefficient (Wildman–Crippen LogP) is 7.50. The van der Waals surface area contributed by atoms with Gasteiger partial charge in [0.05, 0.1) is 31.5 Å². The van der Waals surface area contributed by atoms with Gasteiger partial charge in [0.2, 0.25) is 0 Å². The van der Waals surface area contributed by atoms with Crippen molar-refractivity contribution in [2.24, 2.45) is 17.6 Å². The van der Waals surface area contributed by atoms with E-state index in [0.717, 1.165) is 70.6 Å². The molecule has 13 nitrogen and oxygen atoms in total. The number of nitrogens with two attached hydrogens (primary N) is 1. The van der Waals surface area contributed by atoms with E-state index in [2.05, 4.69) is 50.3 Å². The molecule has 0 aromatic rings. The van der Waals surface area contributed by atoms with E-state index in [1.807, 2.05) is 0 Å². The molecule has 1 unspecified atom stereocenters. The van der Waals surface area contributed by atoms with Crippen LogP contribution in [0.1, 0.15) is 142 Å². The number of phosphoric ester groups is 1. The van der Waals surface area contributed by atoms with E-state index in [9.17, 15) is 39.2 Å². The molecule has 57 heavy (non-hydrogen) atoms. The number of Topliss-reactive ketones (excluding diaryl/α,β-unsaturated/α-hetero) is 1. The number of hydrogen-bond donors (Lipinski definition) is 5. The molecular formula is C43H74NO12P. The van der Waals surface area contributed by atoms with Crippen molar-refractivity contribution in [2.75, 3.05) is 26.4 Å². The number of unbranched alkanes of at least 4 members (excludes halogenated alkanes) is 8. The molecule has 0 aromatic carbocycles. The van der Waals surface area contributed by atoms with Crippen LogP contribution >= 0.6 is 7.82 Å². The standard InChI is InChI=1S/C43H74NO12P/c1-3-5-7-8-9-10-11-12-13-14-15-16-17-18-20-26-43(50)56-37(34-55-57(51,52)54-30-29-44)33-53-42(49)25-22-21-24-36(46)31-39-38(40(47)32-41(39)48)28-27-35(45)23-19-6-4-2/h5,7,9-10,12-13,27-28,35,37-41,45,47-48H,3-4,6,8,11,14-26,29-34,44H2,1-2H3,(H,51,52)/b7-5-,10-9-,13-12-,28-27+/t35-,37+,38+,39+,40+,41-/m0/s1. The van der Waals surface area contributed by atoms with Crippen LogP contribution in [-0.2, 0) is 37.5 Å². The van der Waals surface area contributed by atoms with Gasteiger partial charge in [-0.05, 0) is 57.8 Å². The maximum absolute atomic E-state index is 12.8. The molecule has 0 amide bonds. The number of carbonyl (C=O) groups excluding carboxylic acids is 3. The van der Waals surface area contributed by atoms with Crippen LogP contribution in [0.15, 0.2) is 48.6 Å². The number of phosphoric acid groups is 1. The molecule has 0 bridgehead atoms.